The Morgan fingerprint density at radius 1 is 1.19 bits per heavy atom. The molecule has 0 spiro atoms. The highest BCUT2D eigenvalue weighted by Crippen LogP contribution is 2.23. The Balaban J connectivity index is 1.49. The molecule has 2 amide bonds. The maximum atomic E-state index is 12.5. The molecule has 1 aromatic heterocycles. The molecule has 138 valence electrons. The van der Waals surface area contributed by atoms with Gasteiger partial charge < -0.3 is 15.1 Å². The van der Waals surface area contributed by atoms with Crippen LogP contribution < -0.4 is 5.73 Å². The SMILES string of the molecule is Cc1ncoc1C(=O)N1CCC(Cc2ccc(CCC(N)=O)cc2)CC1. The Labute approximate surface area is 153 Å². The summed E-state index contributed by atoms with van der Waals surface area (Å²) in [5.74, 6) is 0.606. The highest BCUT2D eigenvalue weighted by Gasteiger charge is 2.26. The Morgan fingerprint density at radius 3 is 2.42 bits per heavy atom. The van der Waals surface area contributed by atoms with E-state index in [1.165, 1.54) is 12.0 Å². The van der Waals surface area contributed by atoms with Gasteiger partial charge in [-0.05, 0) is 49.7 Å². The number of oxazole rings is 1. The van der Waals surface area contributed by atoms with E-state index in [1.54, 1.807) is 6.92 Å². The van der Waals surface area contributed by atoms with Crippen molar-refractivity contribution in [2.45, 2.75) is 39.0 Å². The van der Waals surface area contributed by atoms with Crippen LogP contribution in [0.3, 0.4) is 0 Å². The smallest absolute Gasteiger partial charge is 0.291 e. The van der Waals surface area contributed by atoms with E-state index < -0.39 is 0 Å². The summed E-state index contributed by atoms with van der Waals surface area (Å²) in [7, 11) is 0. The lowest BCUT2D eigenvalue weighted by molar-refractivity contribution is -0.117. The van der Waals surface area contributed by atoms with Crippen LogP contribution in [0.2, 0.25) is 0 Å². The molecule has 1 fully saturated rings. The minimum absolute atomic E-state index is 0.0581. The van der Waals surface area contributed by atoms with Crippen molar-refractivity contribution in [3.05, 3.63) is 53.2 Å². The van der Waals surface area contributed by atoms with Crippen LogP contribution in [-0.4, -0.2) is 34.8 Å². The molecule has 0 unspecified atom stereocenters. The van der Waals surface area contributed by atoms with Gasteiger partial charge in [-0.2, -0.15) is 0 Å². The summed E-state index contributed by atoms with van der Waals surface area (Å²) in [6.07, 6.45) is 5.39. The molecule has 1 aromatic carbocycles. The zero-order valence-corrected chi connectivity index (χ0v) is 15.1. The Kier molecular flexibility index (Phi) is 5.71. The summed E-state index contributed by atoms with van der Waals surface area (Å²) < 4.78 is 5.22. The number of nitrogens with zero attached hydrogens (tertiary/aromatic N) is 2. The fourth-order valence-corrected chi connectivity index (χ4v) is 3.43. The quantitative estimate of drug-likeness (QED) is 0.862. The van der Waals surface area contributed by atoms with Crippen molar-refractivity contribution < 1.29 is 14.0 Å². The molecule has 1 aliphatic heterocycles. The third-order valence-corrected chi connectivity index (χ3v) is 5.05. The normalized spacial score (nSPS) is 15.2. The number of carbonyl (C=O) groups excluding carboxylic acids is 2. The number of benzene rings is 1. The largest absolute Gasteiger partial charge is 0.438 e. The van der Waals surface area contributed by atoms with Crippen molar-refractivity contribution in [3.63, 3.8) is 0 Å². The molecule has 6 heteroatoms. The van der Waals surface area contributed by atoms with Crippen LogP contribution in [0, 0.1) is 12.8 Å². The maximum absolute atomic E-state index is 12.5. The number of piperidine rings is 1. The van der Waals surface area contributed by atoms with E-state index in [1.807, 2.05) is 4.90 Å². The van der Waals surface area contributed by atoms with Gasteiger partial charge in [0.1, 0.15) is 0 Å². The van der Waals surface area contributed by atoms with E-state index in [4.69, 9.17) is 10.2 Å². The van der Waals surface area contributed by atoms with E-state index in [2.05, 4.69) is 29.2 Å². The van der Waals surface area contributed by atoms with Crippen LogP contribution in [0.25, 0.3) is 0 Å². The Bertz CT molecular complexity index is 759. The van der Waals surface area contributed by atoms with Gasteiger partial charge in [0.25, 0.3) is 5.91 Å². The minimum atomic E-state index is -0.268. The lowest BCUT2D eigenvalue weighted by atomic mass is 9.89. The zero-order chi connectivity index (χ0) is 18.5. The molecule has 3 rings (SSSR count). The summed E-state index contributed by atoms with van der Waals surface area (Å²) in [6.45, 7) is 3.29. The molecule has 1 saturated heterocycles. The van der Waals surface area contributed by atoms with Gasteiger partial charge in [-0.15, -0.1) is 0 Å². The lowest BCUT2D eigenvalue weighted by Crippen LogP contribution is -2.39. The Hall–Kier alpha value is -2.63. The monoisotopic (exact) mass is 355 g/mol. The zero-order valence-electron chi connectivity index (χ0n) is 15.1. The number of hydrogen-bond donors (Lipinski definition) is 1. The van der Waals surface area contributed by atoms with Gasteiger partial charge in [0.05, 0.1) is 5.69 Å². The van der Waals surface area contributed by atoms with Crippen LogP contribution >= 0.6 is 0 Å². The number of aromatic nitrogens is 1. The number of amides is 2. The molecule has 0 saturated carbocycles. The maximum Gasteiger partial charge on any atom is 0.291 e. The highest BCUT2D eigenvalue weighted by molar-refractivity contribution is 5.92. The molecule has 1 aliphatic rings. The lowest BCUT2D eigenvalue weighted by Gasteiger charge is -2.31. The third-order valence-electron chi connectivity index (χ3n) is 5.05. The Morgan fingerprint density at radius 2 is 1.85 bits per heavy atom. The second-order valence-electron chi connectivity index (χ2n) is 6.99. The van der Waals surface area contributed by atoms with Crippen LogP contribution in [0.5, 0.6) is 0 Å². The molecular weight excluding hydrogens is 330 g/mol. The van der Waals surface area contributed by atoms with Crippen molar-refractivity contribution in [2.24, 2.45) is 11.7 Å². The molecule has 6 nitrogen and oxygen atoms in total. The number of nitrogens with two attached hydrogens (primary N) is 1. The van der Waals surface area contributed by atoms with E-state index in [0.29, 0.717) is 30.2 Å². The molecule has 0 aliphatic carbocycles. The molecule has 26 heavy (non-hydrogen) atoms. The standard InChI is InChI=1S/C20H25N3O3/c1-14-19(26-13-22-14)20(25)23-10-8-17(9-11-23)12-16-4-2-15(3-5-16)6-7-18(21)24/h2-5,13,17H,6-12H2,1H3,(H2,21,24). The number of primary amides is 1. The predicted octanol–water partition coefficient (Wildman–Crippen LogP) is 2.50. The van der Waals surface area contributed by atoms with E-state index >= 15 is 0 Å². The molecule has 0 atom stereocenters. The number of hydrogen-bond acceptors (Lipinski definition) is 4. The first-order valence-electron chi connectivity index (χ1n) is 9.08. The summed E-state index contributed by atoms with van der Waals surface area (Å²) in [6, 6.07) is 8.41. The van der Waals surface area contributed by atoms with Crippen molar-refractivity contribution in [1.82, 2.24) is 9.88 Å². The number of rotatable bonds is 6. The summed E-state index contributed by atoms with van der Waals surface area (Å²) in [4.78, 5) is 29.2. The highest BCUT2D eigenvalue weighted by atomic mass is 16.3. The van der Waals surface area contributed by atoms with E-state index in [-0.39, 0.29) is 11.8 Å². The predicted molar refractivity (Wildman–Crippen MR) is 97.5 cm³/mol. The second kappa shape index (κ2) is 8.17. The van der Waals surface area contributed by atoms with Crippen LogP contribution in [0.4, 0.5) is 0 Å². The average molecular weight is 355 g/mol. The average Bonchev–Trinajstić information content (AvgIpc) is 3.07. The molecule has 0 bridgehead atoms. The topological polar surface area (TPSA) is 89.4 Å². The fourth-order valence-electron chi connectivity index (χ4n) is 3.43. The summed E-state index contributed by atoms with van der Waals surface area (Å²) >= 11 is 0. The summed E-state index contributed by atoms with van der Waals surface area (Å²) in [5.41, 5.74) is 8.27. The molecule has 0 radical (unpaired) electrons. The summed E-state index contributed by atoms with van der Waals surface area (Å²) in [5, 5.41) is 0. The minimum Gasteiger partial charge on any atom is -0.438 e. The van der Waals surface area contributed by atoms with Crippen molar-refractivity contribution in [3.8, 4) is 0 Å². The first-order chi connectivity index (χ1) is 12.5. The molecule has 2 aromatic rings. The van der Waals surface area contributed by atoms with Crippen LogP contribution in [0.15, 0.2) is 35.1 Å². The van der Waals surface area contributed by atoms with Crippen molar-refractivity contribution >= 4 is 11.8 Å². The molecule has 2 N–H and O–H groups in total. The second-order valence-corrected chi connectivity index (χ2v) is 6.99. The first-order valence-corrected chi connectivity index (χ1v) is 9.08. The van der Waals surface area contributed by atoms with Gasteiger partial charge >= 0.3 is 0 Å². The fraction of sp³-hybridized carbons (Fsp3) is 0.450. The molecular formula is C20H25N3O3. The number of carbonyl (C=O) groups is 2. The van der Waals surface area contributed by atoms with Gasteiger partial charge in [0, 0.05) is 19.5 Å². The van der Waals surface area contributed by atoms with E-state index in [9.17, 15) is 9.59 Å². The van der Waals surface area contributed by atoms with Crippen LogP contribution in [0.1, 0.15) is 46.6 Å². The van der Waals surface area contributed by atoms with Crippen LogP contribution in [-0.2, 0) is 17.6 Å². The van der Waals surface area contributed by atoms with Crippen molar-refractivity contribution in [2.75, 3.05) is 13.1 Å². The number of likely N-dealkylation sites (tertiary alicyclic amines) is 1. The van der Waals surface area contributed by atoms with Gasteiger partial charge in [-0.3, -0.25) is 9.59 Å². The third kappa shape index (κ3) is 4.50. The van der Waals surface area contributed by atoms with Gasteiger partial charge in [0.2, 0.25) is 11.7 Å². The van der Waals surface area contributed by atoms with E-state index in [0.717, 1.165) is 37.9 Å². The number of aryl methyl sites for hydroxylation is 2. The van der Waals surface area contributed by atoms with Gasteiger partial charge in [0.15, 0.2) is 6.39 Å². The van der Waals surface area contributed by atoms with Gasteiger partial charge in [-0.25, -0.2) is 4.98 Å². The first kappa shape index (κ1) is 18.2. The van der Waals surface area contributed by atoms with Gasteiger partial charge in [-0.1, -0.05) is 24.3 Å². The molecule has 2 heterocycles. The van der Waals surface area contributed by atoms with Crippen molar-refractivity contribution in [1.29, 1.82) is 0 Å².